The van der Waals surface area contributed by atoms with Crippen LogP contribution in [0.25, 0.3) is 22.4 Å². The zero-order valence-electron chi connectivity index (χ0n) is 18.0. The first-order chi connectivity index (χ1) is 15.5. The number of aromatic nitrogens is 1. The van der Waals surface area contributed by atoms with Gasteiger partial charge in [0.2, 0.25) is 0 Å². The Kier molecular flexibility index (Phi) is 6.49. The molecule has 3 nitrogen and oxygen atoms in total. The SMILES string of the molecule is Cc1ccc(C(=O)CSc2nc(-c3ccccc3)cc(-c3ccc(C)cc3)c2C#N)cc1. The van der Waals surface area contributed by atoms with Gasteiger partial charge in [-0.1, -0.05) is 102 Å². The van der Waals surface area contributed by atoms with E-state index < -0.39 is 0 Å². The monoisotopic (exact) mass is 434 g/mol. The highest BCUT2D eigenvalue weighted by atomic mass is 32.2. The van der Waals surface area contributed by atoms with E-state index in [2.05, 4.69) is 6.07 Å². The number of carbonyl (C=O) groups excluding carboxylic acids is 1. The smallest absolute Gasteiger partial charge is 0.173 e. The third-order valence-electron chi connectivity index (χ3n) is 5.24. The number of rotatable bonds is 6. The predicted molar refractivity (Wildman–Crippen MR) is 131 cm³/mol. The summed E-state index contributed by atoms with van der Waals surface area (Å²) in [6, 6.07) is 29.8. The van der Waals surface area contributed by atoms with Crippen molar-refractivity contribution in [2.75, 3.05) is 5.75 Å². The van der Waals surface area contributed by atoms with Crippen molar-refractivity contribution < 1.29 is 4.79 Å². The largest absolute Gasteiger partial charge is 0.293 e. The van der Waals surface area contributed by atoms with Crippen LogP contribution >= 0.6 is 11.8 Å². The number of carbonyl (C=O) groups is 1. The Balaban J connectivity index is 1.75. The normalized spacial score (nSPS) is 10.5. The van der Waals surface area contributed by atoms with Crippen LogP contribution in [0, 0.1) is 25.2 Å². The van der Waals surface area contributed by atoms with Crippen LogP contribution in [-0.2, 0) is 0 Å². The van der Waals surface area contributed by atoms with Crippen molar-refractivity contribution in [1.82, 2.24) is 4.98 Å². The van der Waals surface area contributed by atoms with E-state index in [1.165, 1.54) is 11.8 Å². The number of hydrogen-bond donors (Lipinski definition) is 0. The fourth-order valence-corrected chi connectivity index (χ4v) is 4.31. The Morgan fingerprint density at radius 2 is 1.50 bits per heavy atom. The molecule has 3 aromatic carbocycles. The number of hydrogen-bond acceptors (Lipinski definition) is 4. The molecule has 0 saturated carbocycles. The zero-order valence-corrected chi connectivity index (χ0v) is 18.8. The lowest BCUT2D eigenvalue weighted by atomic mass is 9.98. The summed E-state index contributed by atoms with van der Waals surface area (Å²) in [5, 5.41) is 10.6. The van der Waals surface area contributed by atoms with Crippen LogP contribution in [0.3, 0.4) is 0 Å². The Morgan fingerprint density at radius 1 is 0.875 bits per heavy atom. The molecule has 0 unspecified atom stereocenters. The van der Waals surface area contributed by atoms with Gasteiger partial charge in [-0.3, -0.25) is 4.79 Å². The fourth-order valence-electron chi connectivity index (χ4n) is 3.41. The van der Waals surface area contributed by atoms with E-state index in [1.54, 1.807) is 0 Å². The van der Waals surface area contributed by atoms with Crippen LogP contribution in [0.1, 0.15) is 27.0 Å². The lowest BCUT2D eigenvalue weighted by Crippen LogP contribution is -2.04. The van der Waals surface area contributed by atoms with Crippen LogP contribution in [0.15, 0.2) is 90.0 Å². The Morgan fingerprint density at radius 3 is 2.12 bits per heavy atom. The maximum Gasteiger partial charge on any atom is 0.173 e. The number of nitriles is 1. The molecule has 0 aliphatic heterocycles. The molecule has 1 heterocycles. The zero-order chi connectivity index (χ0) is 22.5. The molecule has 0 aliphatic carbocycles. The third kappa shape index (κ3) is 4.80. The second-order valence-electron chi connectivity index (χ2n) is 7.66. The van der Waals surface area contributed by atoms with E-state index >= 15 is 0 Å². The van der Waals surface area contributed by atoms with Gasteiger partial charge >= 0.3 is 0 Å². The molecule has 4 rings (SSSR count). The summed E-state index contributed by atoms with van der Waals surface area (Å²) in [5.41, 5.74) is 6.96. The van der Waals surface area contributed by atoms with Gasteiger partial charge in [-0.2, -0.15) is 5.26 Å². The average Bonchev–Trinajstić information content (AvgIpc) is 2.83. The number of benzene rings is 3. The number of aryl methyl sites for hydroxylation is 2. The first kappa shape index (κ1) is 21.5. The number of Topliss-reactive ketones (excluding diaryl/α,β-unsaturated/α-hetero) is 1. The molecule has 1 aromatic heterocycles. The first-order valence-electron chi connectivity index (χ1n) is 10.4. The number of nitrogens with zero attached hydrogens (tertiary/aromatic N) is 2. The van der Waals surface area contributed by atoms with E-state index in [0.29, 0.717) is 16.2 Å². The molecule has 4 heteroatoms. The van der Waals surface area contributed by atoms with Gasteiger partial charge in [-0.25, -0.2) is 4.98 Å². The van der Waals surface area contributed by atoms with Gasteiger partial charge in [0.05, 0.1) is 17.0 Å². The van der Waals surface area contributed by atoms with Gasteiger partial charge in [0.15, 0.2) is 5.78 Å². The second-order valence-corrected chi connectivity index (χ2v) is 8.62. The fraction of sp³-hybridized carbons (Fsp3) is 0.107. The Bertz CT molecular complexity index is 1290. The molecular weight excluding hydrogens is 412 g/mol. The molecule has 32 heavy (non-hydrogen) atoms. The molecule has 0 saturated heterocycles. The topological polar surface area (TPSA) is 53.8 Å². The summed E-state index contributed by atoms with van der Waals surface area (Å²) in [6.45, 7) is 4.03. The molecular formula is C28H22N2OS. The van der Waals surface area contributed by atoms with Crippen LogP contribution in [-0.4, -0.2) is 16.5 Å². The van der Waals surface area contributed by atoms with Gasteiger partial charge in [0, 0.05) is 16.7 Å². The standard InChI is InChI=1S/C28H22N2OS/c1-19-8-12-21(13-9-19)24-16-26(22-6-4-3-5-7-22)30-28(25(24)17-29)32-18-27(31)23-14-10-20(2)11-15-23/h3-16H,18H2,1-2H3. The Hall–Kier alpha value is -3.68. The molecule has 0 aliphatic rings. The van der Waals surface area contributed by atoms with Crippen molar-refractivity contribution in [2.24, 2.45) is 0 Å². The molecule has 0 fully saturated rings. The van der Waals surface area contributed by atoms with Crippen molar-refractivity contribution >= 4 is 17.5 Å². The van der Waals surface area contributed by atoms with Gasteiger partial charge in [-0.15, -0.1) is 0 Å². The maximum absolute atomic E-state index is 12.7. The van der Waals surface area contributed by atoms with Crippen LogP contribution < -0.4 is 0 Å². The Labute approximate surface area is 192 Å². The van der Waals surface area contributed by atoms with Crippen LogP contribution in [0.5, 0.6) is 0 Å². The van der Waals surface area contributed by atoms with E-state index in [9.17, 15) is 10.1 Å². The van der Waals surface area contributed by atoms with Gasteiger partial charge in [0.1, 0.15) is 11.1 Å². The van der Waals surface area contributed by atoms with Crippen LogP contribution in [0.2, 0.25) is 0 Å². The van der Waals surface area contributed by atoms with Gasteiger partial charge in [0.25, 0.3) is 0 Å². The van der Waals surface area contributed by atoms with Crippen molar-refractivity contribution in [3.63, 3.8) is 0 Å². The quantitative estimate of drug-likeness (QED) is 0.245. The van der Waals surface area contributed by atoms with Crippen molar-refractivity contribution in [1.29, 1.82) is 5.26 Å². The van der Waals surface area contributed by atoms with Crippen molar-refractivity contribution in [2.45, 2.75) is 18.9 Å². The third-order valence-corrected chi connectivity index (χ3v) is 6.22. The second kappa shape index (κ2) is 9.64. The first-order valence-corrected chi connectivity index (χ1v) is 11.3. The number of pyridine rings is 1. The molecule has 0 amide bonds. The minimum absolute atomic E-state index is 0.0164. The summed E-state index contributed by atoms with van der Waals surface area (Å²) in [5.74, 6) is 0.235. The average molecular weight is 435 g/mol. The van der Waals surface area contributed by atoms with Crippen molar-refractivity contribution in [3.8, 4) is 28.5 Å². The van der Waals surface area contributed by atoms with E-state index in [4.69, 9.17) is 4.98 Å². The summed E-state index contributed by atoms with van der Waals surface area (Å²) < 4.78 is 0. The van der Waals surface area contributed by atoms with E-state index in [0.717, 1.165) is 33.5 Å². The summed E-state index contributed by atoms with van der Waals surface area (Å²) in [7, 11) is 0. The molecule has 0 radical (unpaired) electrons. The summed E-state index contributed by atoms with van der Waals surface area (Å²) in [6.07, 6.45) is 0. The molecule has 0 N–H and O–H groups in total. The maximum atomic E-state index is 12.7. The molecule has 0 bridgehead atoms. The lowest BCUT2D eigenvalue weighted by Gasteiger charge is -2.13. The molecule has 156 valence electrons. The highest BCUT2D eigenvalue weighted by Gasteiger charge is 2.17. The van der Waals surface area contributed by atoms with E-state index in [1.807, 2.05) is 98.8 Å². The number of ketones is 1. The molecule has 0 spiro atoms. The van der Waals surface area contributed by atoms with E-state index in [-0.39, 0.29) is 11.5 Å². The summed E-state index contributed by atoms with van der Waals surface area (Å²) >= 11 is 1.32. The highest BCUT2D eigenvalue weighted by molar-refractivity contribution is 8.00. The highest BCUT2D eigenvalue weighted by Crippen LogP contribution is 2.34. The van der Waals surface area contributed by atoms with Gasteiger partial charge < -0.3 is 0 Å². The number of thioether (sulfide) groups is 1. The lowest BCUT2D eigenvalue weighted by molar-refractivity contribution is 0.102. The van der Waals surface area contributed by atoms with Crippen LogP contribution in [0.4, 0.5) is 0 Å². The van der Waals surface area contributed by atoms with Gasteiger partial charge in [-0.05, 0) is 25.5 Å². The molecule has 0 atom stereocenters. The summed E-state index contributed by atoms with van der Waals surface area (Å²) in [4.78, 5) is 17.5. The van der Waals surface area contributed by atoms with Crippen molar-refractivity contribution in [3.05, 3.63) is 107 Å². The minimum Gasteiger partial charge on any atom is -0.293 e. The predicted octanol–water partition coefficient (Wildman–Crippen LogP) is 6.88. The molecule has 4 aromatic rings. The minimum atomic E-state index is 0.0164.